The van der Waals surface area contributed by atoms with E-state index in [1.165, 1.54) is 20.4 Å². The second kappa shape index (κ2) is 8.11. The first-order valence-corrected chi connectivity index (χ1v) is 10.1. The van der Waals surface area contributed by atoms with Crippen molar-refractivity contribution in [2.24, 2.45) is 14.1 Å². The van der Waals surface area contributed by atoms with Crippen LogP contribution in [0.4, 0.5) is 5.82 Å². The molecule has 1 aromatic carbocycles. The van der Waals surface area contributed by atoms with Gasteiger partial charge in [0.05, 0.1) is 12.0 Å². The zero-order chi connectivity index (χ0) is 22.1. The van der Waals surface area contributed by atoms with Crippen molar-refractivity contribution in [3.8, 4) is 17.3 Å². The number of para-hydroxylation sites is 1. The van der Waals surface area contributed by atoms with Crippen molar-refractivity contribution in [2.45, 2.75) is 5.16 Å². The van der Waals surface area contributed by atoms with Crippen molar-refractivity contribution in [3.05, 3.63) is 75.1 Å². The van der Waals surface area contributed by atoms with Gasteiger partial charge < -0.3 is 10.2 Å². The molecule has 4 rings (SSSR count). The second-order valence-electron chi connectivity index (χ2n) is 6.63. The number of hydrogen-bond acceptors (Lipinski definition) is 8. The minimum atomic E-state index is -0.730. The number of nitrogens with zero attached hydrogens (tertiary/aromatic N) is 5. The number of thioether (sulfide) groups is 1. The number of rotatable bonds is 6. The number of carbonyl (C=O) groups is 1. The minimum Gasteiger partial charge on any atom is -0.461 e. The summed E-state index contributed by atoms with van der Waals surface area (Å²) >= 11 is 1.10. The molecule has 0 amide bonds. The Morgan fingerprint density at radius 1 is 1.06 bits per heavy atom. The van der Waals surface area contributed by atoms with Crippen molar-refractivity contribution in [3.63, 3.8) is 0 Å². The fraction of sp³-hybridized carbons (Fsp3) is 0.150. The lowest BCUT2D eigenvalue weighted by Gasteiger charge is -2.11. The van der Waals surface area contributed by atoms with E-state index in [4.69, 9.17) is 10.2 Å². The van der Waals surface area contributed by atoms with Crippen LogP contribution in [0.5, 0.6) is 0 Å². The van der Waals surface area contributed by atoms with Gasteiger partial charge in [-0.25, -0.2) is 4.79 Å². The lowest BCUT2D eigenvalue weighted by Crippen LogP contribution is -2.41. The van der Waals surface area contributed by atoms with Gasteiger partial charge in [-0.1, -0.05) is 30.0 Å². The molecule has 0 bridgehead atoms. The summed E-state index contributed by atoms with van der Waals surface area (Å²) in [5.74, 6) is 0.190. The maximum atomic E-state index is 12.9. The summed E-state index contributed by atoms with van der Waals surface area (Å²) in [5.41, 5.74) is 5.11. The minimum absolute atomic E-state index is 0.124. The lowest BCUT2D eigenvalue weighted by atomic mass is 10.2. The van der Waals surface area contributed by atoms with Crippen molar-refractivity contribution in [1.82, 2.24) is 23.9 Å². The van der Waals surface area contributed by atoms with Gasteiger partial charge in [0, 0.05) is 19.8 Å². The van der Waals surface area contributed by atoms with Gasteiger partial charge in [0.2, 0.25) is 5.82 Å². The van der Waals surface area contributed by atoms with E-state index >= 15 is 0 Å². The van der Waals surface area contributed by atoms with Gasteiger partial charge in [-0.3, -0.25) is 23.3 Å². The molecule has 4 aromatic rings. The number of hydrogen-bond donors (Lipinski definition) is 1. The number of nitrogens with two attached hydrogens (primary N) is 1. The lowest BCUT2D eigenvalue weighted by molar-refractivity contribution is 0.102. The Morgan fingerprint density at radius 3 is 2.48 bits per heavy atom. The Hall–Kier alpha value is -3.86. The molecule has 10 nitrogen and oxygen atoms in total. The number of furan rings is 1. The molecule has 0 saturated carbocycles. The Bertz CT molecular complexity index is 1370. The third kappa shape index (κ3) is 3.59. The predicted octanol–water partition coefficient (Wildman–Crippen LogP) is 1.48. The Morgan fingerprint density at radius 2 is 1.81 bits per heavy atom. The highest BCUT2D eigenvalue weighted by atomic mass is 32.2. The smallest absolute Gasteiger partial charge is 0.332 e. The summed E-state index contributed by atoms with van der Waals surface area (Å²) in [7, 11) is 2.71. The molecule has 0 atom stereocenters. The van der Waals surface area contributed by atoms with Crippen molar-refractivity contribution in [2.75, 3.05) is 11.5 Å². The van der Waals surface area contributed by atoms with Crippen molar-refractivity contribution in [1.29, 1.82) is 0 Å². The highest BCUT2D eigenvalue weighted by molar-refractivity contribution is 7.99. The first kappa shape index (κ1) is 20.4. The molecular weight excluding hydrogens is 420 g/mol. The summed E-state index contributed by atoms with van der Waals surface area (Å²) in [6, 6.07) is 12.9. The summed E-state index contributed by atoms with van der Waals surface area (Å²) < 4.78 is 9.16. The maximum Gasteiger partial charge on any atom is 0.332 e. The molecule has 31 heavy (non-hydrogen) atoms. The first-order chi connectivity index (χ1) is 14.9. The molecule has 2 N–H and O–H groups in total. The van der Waals surface area contributed by atoms with E-state index in [0.29, 0.717) is 16.7 Å². The van der Waals surface area contributed by atoms with E-state index in [2.05, 4.69) is 10.2 Å². The van der Waals surface area contributed by atoms with Gasteiger partial charge in [0.1, 0.15) is 11.4 Å². The van der Waals surface area contributed by atoms with E-state index in [0.717, 1.165) is 26.6 Å². The van der Waals surface area contributed by atoms with Gasteiger partial charge in [0.15, 0.2) is 16.7 Å². The number of ketones is 1. The standard InChI is InChI=1S/C20H18N6O4S/c1-24-16(21)15(18(28)25(2)20(24)29)13(27)11-31-19-23-22-17(14-9-6-10-30-14)26(19)12-7-4-3-5-8-12/h3-10H,11,21H2,1-2H3. The summed E-state index contributed by atoms with van der Waals surface area (Å²) in [6.07, 6.45) is 1.54. The molecular formula is C20H18N6O4S. The molecule has 0 fully saturated rings. The van der Waals surface area contributed by atoms with Crippen LogP contribution < -0.4 is 17.0 Å². The van der Waals surface area contributed by atoms with Crippen LogP contribution in [0.25, 0.3) is 17.3 Å². The summed E-state index contributed by atoms with van der Waals surface area (Å²) in [5, 5.41) is 8.85. The molecule has 3 heterocycles. The van der Waals surface area contributed by atoms with Gasteiger partial charge in [-0.15, -0.1) is 10.2 Å². The molecule has 0 saturated heterocycles. The van der Waals surface area contributed by atoms with Gasteiger partial charge in [0.25, 0.3) is 5.56 Å². The number of nitrogen functional groups attached to an aromatic ring is 1. The Labute approximate surface area is 179 Å². The van der Waals surface area contributed by atoms with Crippen LogP contribution in [0.1, 0.15) is 10.4 Å². The number of aromatic nitrogens is 5. The third-order valence-corrected chi connectivity index (χ3v) is 5.64. The molecule has 0 spiro atoms. The Kier molecular flexibility index (Phi) is 5.34. The molecule has 0 aliphatic heterocycles. The number of benzene rings is 1. The average molecular weight is 438 g/mol. The number of Topliss-reactive ketones (excluding diaryl/α,β-unsaturated/α-hetero) is 1. The molecule has 0 aliphatic carbocycles. The van der Waals surface area contributed by atoms with Gasteiger partial charge >= 0.3 is 5.69 Å². The first-order valence-electron chi connectivity index (χ1n) is 9.16. The van der Waals surface area contributed by atoms with Crippen LogP contribution in [0.3, 0.4) is 0 Å². The normalized spacial score (nSPS) is 11.0. The molecule has 11 heteroatoms. The topological polar surface area (TPSA) is 131 Å². The highest BCUT2D eigenvalue weighted by Crippen LogP contribution is 2.28. The van der Waals surface area contributed by atoms with E-state index in [-0.39, 0.29) is 17.1 Å². The fourth-order valence-corrected chi connectivity index (χ4v) is 3.89. The fourth-order valence-electron chi connectivity index (χ4n) is 3.06. The second-order valence-corrected chi connectivity index (χ2v) is 7.57. The molecule has 0 unspecified atom stereocenters. The predicted molar refractivity (Wildman–Crippen MR) is 115 cm³/mol. The van der Waals surface area contributed by atoms with E-state index < -0.39 is 17.0 Å². The summed E-state index contributed by atoms with van der Waals surface area (Å²) in [6.45, 7) is 0. The van der Waals surface area contributed by atoms with Gasteiger partial charge in [-0.05, 0) is 24.3 Å². The van der Waals surface area contributed by atoms with Crippen LogP contribution >= 0.6 is 11.8 Å². The largest absolute Gasteiger partial charge is 0.461 e. The van der Waals surface area contributed by atoms with Crippen molar-refractivity contribution < 1.29 is 9.21 Å². The molecule has 3 aromatic heterocycles. The maximum absolute atomic E-state index is 12.9. The quantitative estimate of drug-likeness (QED) is 0.354. The van der Waals surface area contributed by atoms with Crippen molar-refractivity contribution >= 4 is 23.4 Å². The van der Waals surface area contributed by atoms with Crippen LogP contribution in [0, 0.1) is 0 Å². The van der Waals surface area contributed by atoms with Crippen LogP contribution in [0.15, 0.2) is 67.9 Å². The number of anilines is 1. The molecule has 158 valence electrons. The van der Waals surface area contributed by atoms with E-state index in [1.807, 2.05) is 30.3 Å². The highest BCUT2D eigenvalue weighted by Gasteiger charge is 2.23. The third-order valence-electron chi connectivity index (χ3n) is 4.71. The molecule has 0 radical (unpaired) electrons. The summed E-state index contributed by atoms with van der Waals surface area (Å²) in [4.78, 5) is 37.3. The van der Waals surface area contributed by atoms with Crippen LogP contribution in [-0.2, 0) is 14.1 Å². The van der Waals surface area contributed by atoms with Crippen LogP contribution in [-0.4, -0.2) is 35.4 Å². The van der Waals surface area contributed by atoms with E-state index in [9.17, 15) is 14.4 Å². The van der Waals surface area contributed by atoms with Crippen LogP contribution in [0.2, 0.25) is 0 Å². The monoisotopic (exact) mass is 438 g/mol. The number of carbonyl (C=O) groups excluding carboxylic acids is 1. The van der Waals surface area contributed by atoms with E-state index in [1.54, 1.807) is 16.7 Å². The molecule has 0 aliphatic rings. The SMILES string of the molecule is Cn1c(N)c(C(=O)CSc2nnc(-c3ccco3)n2-c2ccccc2)c(=O)n(C)c1=O. The zero-order valence-corrected chi connectivity index (χ0v) is 17.5. The average Bonchev–Trinajstić information content (AvgIpc) is 3.45. The van der Waals surface area contributed by atoms with Gasteiger partial charge in [-0.2, -0.15) is 0 Å². The zero-order valence-electron chi connectivity index (χ0n) is 16.7. The Balaban J connectivity index is 1.70.